The number of halogens is 1. The molecular formula is C17H23FO3. The van der Waals surface area contributed by atoms with E-state index in [-0.39, 0.29) is 23.4 Å². The molecule has 1 saturated carbocycles. The van der Waals surface area contributed by atoms with Gasteiger partial charge in [0.1, 0.15) is 0 Å². The van der Waals surface area contributed by atoms with E-state index in [0.29, 0.717) is 12.3 Å². The fourth-order valence-corrected chi connectivity index (χ4v) is 3.42. The minimum absolute atomic E-state index is 0.0917. The van der Waals surface area contributed by atoms with E-state index in [1.54, 1.807) is 6.07 Å². The number of rotatable bonds is 5. The molecule has 3 nitrogen and oxygen atoms in total. The monoisotopic (exact) mass is 294 g/mol. The summed E-state index contributed by atoms with van der Waals surface area (Å²) in [6.45, 7) is 2.15. The topological polar surface area (TPSA) is 46.5 Å². The summed E-state index contributed by atoms with van der Waals surface area (Å²) in [5, 5.41) is 9.39. The Labute approximate surface area is 125 Å². The van der Waals surface area contributed by atoms with Crippen molar-refractivity contribution < 1.29 is 19.0 Å². The normalized spacial score (nSPS) is 25.6. The van der Waals surface area contributed by atoms with Crippen LogP contribution in [0.25, 0.3) is 0 Å². The zero-order valence-electron chi connectivity index (χ0n) is 12.6. The molecule has 4 heteroatoms. The summed E-state index contributed by atoms with van der Waals surface area (Å²) in [5.74, 6) is -0.502. The maximum absolute atomic E-state index is 13.8. The summed E-state index contributed by atoms with van der Waals surface area (Å²) in [6.07, 6.45) is 4.34. The van der Waals surface area contributed by atoms with Crippen LogP contribution in [0.2, 0.25) is 0 Å². The lowest BCUT2D eigenvalue weighted by molar-refractivity contribution is -0.145. The Bertz CT molecular complexity index is 501. The summed E-state index contributed by atoms with van der Waals surface area (Å²) in [6, 6.07) is 4.91. The van der Waals surface area contributed by atoms with Crippen LogP contribution in [-0.4, -0.2) is 18.2 Å². The number of hydrogen-bond donors (Lipinski definition) is 1. The van der Waals surface area contributed by atoms with Crippen molar-refractivity contribution in [1.29, 1.82) is 0 Å². The van der Waals surface area contributed by atoms with Crippen molar-refractivity contribution in [2.75, 3.05) is 7.11 Å². The highest BCUT2D eigenvalue weighted by Gasteiger charge is 2.34. The zero-order chi connectivity index (χ0) is 15.4. The lowest BCUT2D eigenvalue weighted by atomic mass is 9.71. The third kappa shape index (κ3) is 3.74. The van der Waals surface area contributed by atoms with E-state index in [4.69, 9.17) is 4.74 Å². The molecule has 21 heavy (non-hydrogen) atoms. The van der Waals surface area contributed by atoms with Crippen LogP contribution in [0, 0.1) is 23.6 Å². The molecule has 0 bridgehead atoms. The van der Waals surface area contributed by atoms with Crippen LogP contribution < -0.4 is 4.74 Å². The van der Waals surface area contributed by atoms with E-state index in [1.165, 1.54) is 13.2 Å². The Morgan fingerprint density at radius 1 is 1.43 bits per heavy atom. The number of ether oxygens (including phenoxy) is 1. The first-order valence-electron chi connectivity index (χ1n) is 7.60. The number of carboxylic acids is 1. The summed E-state index contributed by atoms with van der Waals surface area (Å²) in [7, 11) is 1.44. The number of benzene rings is 1. The molecule has 0 aliphatic heterocycles. The van der Waals surface area contributed by atoms with Crippen molar-refractivity contribution >= 4 is 5.97 Å². The quantitative estimate of drug-likeness (QED) is 0.895. The maximum atomic E-state index is 13.8. The van der Waals surface area contributed by atoms with Crippen LogP contribution in [-0.2, 0) is 11.2 Å². The molecule has 0 saturated heterocycles. The molecule has 1 N–H and O–H groups in total. The number of aliphatic carboxylic acids is 1. The summed E-state index contributed by atoms with van der Waals surface area (Å²) >= 11 is 0. The average Bonchev–Trinajstić information content (AvgIpc) is 2.47. The van der Waals surface area contributed by atoms with Gasteiger partial charge in [-0.05, 0) is 55.2 Å². The Morgan fingerprint density at radius 3 is 2.76 bits per heavy atom. The molecule has 1 fully saturated rings. The van der Waals surface area contributed by atoms with Gasteiger partial charge in [0.25, 0.3) is 0 Å². The number of methoxy groups -OCH3 is 1. The van der Waals surface area contributed by atoms with Gasteiger partial charge in [0.05, 0.1) is 13.0 Å². The van der Waals surface area contributed by atoms with Gasteiger partial charge >= 0.3 is 5.97 Å². The Balaban J connectivity index is 2.13. The minimum Gasteiger partial charge on any atom is -0.494 e. The molecular weight excluding hydrogens is 271 g/mol. The highest BCUT2D eigenvalue weighted by atomic mass is 19.1. The molecule has 0 spiro atoms. The molecule has 0 amide bonds. The Kier molecular flexibility index (Phi) is 5.21. The van der Waals surface area contributed by atoms with Gasteiger partial charge in [-0.25, -0.2) is 4.39 Å². The van der Waals surface area contributed by atoms with Gasteiger partial charge < -0.3 is 9.84 Å². The van der Waals surface area contributed by atoms with Crippen LogP contribution in [0.3, 0.4) is 0 Å². The molecule has 3 atom stereocenters. The highest BCUT2D eigenvalue weighted by molar-refractivity contribution is 5.70. The van der Waals surface area contributed by atoms with Crippen LogP contribution in [0.5, 0.6) is 5.75 Å². The van der Waals surface area contributed by atoms with Crippen LogP contribution in [0.4, 0.5) is 4.39 Å². The molecule has 1 aliphatic carbocycles. The van der Waals surface area contributed by atoms with E-state index in [1.807, 2.05) is 6.07 Å². The predicted octanol–water partition coefficient (Wildman–Crippen LogP) is 3.90. The molecule has 1 aromatic rings. The second-order valence-electron chi connectivity index (χ2n) is 5.97. The highest BCUT2D eigenvalue weighted by Crippen LogP contribution is 2.38. The molecule has 2 rings (SSSR count). The molecule has 0 radical (unpaired) electrons. The second-order valence-corrected chi connectivity index (χ2v) is 5.97. The molecule has 0 aromatic heterocycles. The predicted molar refractivity (Wildman–Crippen MR) is 78.9 cm³/mol. The first-order valence-corrected chi connectivity index (χ1v) is 7.60. The summed E-state index contributed by atoms with van der Waals surface area (Å²) < 4.78 is 18.7. The van der Waals surface area contributed by atoms with Crippen LogP contribution in [0.15, 0.2) is 18.2 Å². The summed E-state index contributed by atoms with van der Waals surface area (Å²) in [4.78, 5) is 11.4. The first-order chi connectivity index (χ1) is 10.0. The molecule has 0 heterocycles. The third-order valence-electron chi connectivity index (χ3n) is 4.70. The van der Waals surface area contributed by atoms with Gasteiger partial charge in [0.2, 0.25) is 0 Å². The minimum atomic E-state index is -0.719. The van der Waals surface area contributed by atoms with E-state index in [0.717, 1.165) is 31.2 Å². The van der Waals surface area contributed by atoms with E-state index in [9.17, 15) is 14.3 Å². The van der Waals surface area contributed by atoms with Crippen molar-refractivity contribution in [2.24, 2.45) is 17.8 Å². The maximum Gasteiger partial charge on any atom is 0.306 e. The third-order valence-corrected chi connectivity index (χ3v) is 4.70. The number of carboxylic acid groups (broad SMARTS) is 1. The van der Waals surface area contributed by atoms with Crippen molar-refractivity contribution in [3.05, 3.63) is 29.6 Å². The van der Waals surface area contributed by atoms with Gasteiger partial charge in [-0.3, -0.25) is 4.79 Å². The van der Waals surface area contributed by atoms with Crippen molar-refractivity contribution in [2.45, 2.75) is 39.0 Å². The second kappa shape index (κ2) is 6.92. The summed E-state index contributed by atoms with van der Waals surface area (Å²) in [5.41, 5.74) is 0.848. The fourth-order valence-electron chi connectivity index (χ4n) is 3.42. The van der Waals surface area contributed by atoms with Gasteiger partial charge in [-0.2, -0.15) is 0 Å². The lowest BCUT2D eigenvalue weighted by Crippen LogP contribution is -2.32. The first kappa shape index (κ1) is 15.8. The lowest BCUT2D eigenvalue weighted by Gasteiger charge is -2.33. The fraction of sp³-hybridized carbons (Fsp3) is 0.588. The standard InChI is InChI=1S/C17H23FO3/c1-3-11-4-6-14(17(19)20)13(8-11)9-12-5-7-16(21-2)15(18)10-12/h5,7,10-11,13-14H,3-4,6,8-9H2,1-2H3,(H,19,20). The zero-order valence-corrected chi connectivity index (χ0v) is 12.6. The molecule has 116 valence electrons. The Hall–Kier alpha value is -1.58. The number of hydrogen-bond acceptors (Lipinski definition) is 2. The van der Waals surface area contributed by atoms with Crippen molar-refractivity contribution in [1.82, 2.24) is 0 Å². The van der Waals surface area contributed by atoms with E-state index < -0.39 is 5.97 Å². The molecule has 1 aromatic carbocycles. The van der Waals surface area contributed by atoms with Gasteiger partial charge in [0, 0.05) is 0 Å². The average molecular weight is 294 g/mol. The van der Waals surface area contributed by atoms with Gasteiger partial charge in [-0.1, -0.05) is 19.4 Å². The van der Waals surface area contributed by atoms with Gasteiger partial charge in [-0.15, -0.1) is 0 Å². The van der Waals surface area contributed by atoms with Crippen molar-refractivity contribution in [3.8, 4) is 5.75 Å². The smallest absolute Gasteiger partial charge is 0.306 e. The largest absolute Gasteiger partial charge is 0.494 e. The number of carbonyl (C=O) groups is 1. The SMILES string of the molecule is CCC1CCC(C(=O)O)C(Cc2ccc(OC)c(F)c2)C1. The van der Waals surface area contributed by atoms with Crippen molar-refractivity contribution in [3.63, 3.8) is 0 Å². The van der Waals surface area contributed by atoms with Gasteiger partial charge in [0.15, 0.2) is 11.6 Å². The molecule has 1 aliphatic rings. The van der Waals surface area contributed by atoms with Crippen LogP contribution in [0.1, 0.15) is 38.2 Å². The molecule has 3 unspecified atom stereocenters. The van der Waals surface area contributed by atoms with E-state index >= 15 is 0 Å². The Morgan fingerprint density at radius 2 is 2.19 bits per heavy atom. The van der Waals surface area contributed by atoms with E-state index in [2.05, 4.69) is 6.92 Å². The van der Waals surface area contributed by atoms with Crippen LogP contribution >= 0.6 is 0 Å².